The maximum atomic E-state index is 15.5. The van der Waals surface area contributed by atoms with Crippen molar-refractivity contribution in [3.05, 3.63) is 79.3 Å². The maximum absolute atomic E-state index is 15.5. The molecule has 2 bridgehead atoms. The second-order valence-corrected chi connectivity index (χ2v) is 9.85. The Balaban J connectivity index is 1.15. The van der Waals surface area contributed by atoms with Crippen LogP contribution in [0.4, 0.5) is 21.7 Å². The van der Waals surface area contributed by atoms with Crippen LogP contribution in [-0.4, -0.2) is 65.5 Å². The topological polar surface area (TPSA) is 114 Å². The molecule has 200 valence electrons. The van der Waals surface area contributed by atoms with Gasteiger partial charge in [0, 0.05) is 30.9 Å². The Morgan fingerprint density at radius 2 is 2.02 bits per heavy atom. The Morgan fingerprint density at radius 1 is 1.12 bits per heavy atom. The summed E-state index contributed by atoms with van der Waals surface area (Å²) in [5.74, 6) is 1.57. The summed E-state index contributed by atoms with van der Waals surface area (Å²) in [4.78, 5) is 34.0. The number of carbonyl (C=O) groups is 1. The summed E-state index contributed by atoms with van der Waals surface area (Å²) in [5.41, 5.74) is 2.37. The Bertz CT molecular complexity index is 1810. The van der Waals surface area contributed by atoms with E-state index >= 15 is 4.39 Å². The zero-order valence-corrected chi connectivity index (χ0v) is 21.5. The third-order valence-electron chi connectivity index (χ3n) is 7.53. The summed E-state index contributed by atoms with van der Waals surface area (Å²) in [6.07, 6.45) is 6.86. The zero-order chi connectivity index (χ0) is 27.4. The molecular formula is C28H24FN9O2. The van der Waals surface area contributed by atoms with Crippen LogP contribution in [0.3, 0.4) is 0 Å². The number of nitrogens with zero attached hydrogens (tertiary/aromatic N) is 8. The number of pyridine rings is 2. The maximum Gasteiger partial charge on any atom is 0.246 e. The number of amides is 1. The standard InChI is InChI=1S/C28H24FN9O2/c1-3-25(39)37-13-17-10-18(37)12-36(17)23-7-5-21-27(35-23)28(32-14-30-21)34-20-4-6-22(16(2)26(20)29)40-19-8-9-38-24(11-19)31-15-33-38/h3-9,11,14-15,17-18H,1,10,12-13H2,2H3,(H,30,32,34)/t17-,18+/m1/s1. The van der Waals surface area contributed by atoms with E-state index in [-0.39, 0.29) is 23.7 Å². The van der Waals surface area contributed by atoms with Gasteiger partial charge in [-0.2, -0.15) is 5.10 Å². The van der Waals surface area contributed by atoms with Crippen LogP contribution in [0.15, 0.2) is 67.9 Å². The molecule has 0 spiro atoms. The fourth-order valence-electron chi connectivity index (χ4n) is 5.51. The van der Waals surface area contributed by atoms with Crippen LogP contribution in [0.2, 0.25) is 0 Å². The predicted molar refractivity (Wildman–Crippen MR) is 146 cm³/mol. The molecule has 2 atom stereocenters. The lowest BCUT2D eigenvalue weighted by molar-refractivity contribution is -0.127. The number of halogens is 1. The molecule has 1 aromatic carbocycles. The van der Waals surface area contributed by atoms with Crippen LogP contribution in [0.5, 0.6) is 11.5 Å². The summed E-state index contributed by atoms with van der Waals surface area (Å²) in [5, 5.41) is 7.17. The molecule has 40 heavy (non-hydrogen) atoms. The number of likely N-dealkylation sites (tertiary alicyclic amines) is 1. The molecule has 0 radical (unpaired) electrons. The van der Waals surface area contributed by atoms with Gasteiger partial charge >= 0.3 is 0 Å². The fraction of sp³-hybridized carbons (Fsp3) is 0.214. The van der Waals surface area contributed by atoms with E-state index in [1.165, 1.54) is 18.7 Å². The van der Waals surface area contributed by atoms with Crippen LogP contribution in [-0.2, 0) is 4.79 Å². The minimum Gasteiger partial charge on any atom is -0.457 e. The summed E-state index contributed by atoms with van der Waals surface area (Å²) >= 11 is 0. The first-order chi connectivity index (χ1) is 19.5. The molecule has 1 N–H and O–H groups in total. The second kappa shape index (κ2) is 9.26. The molecular weight excluding hydrogens is 513 g/mol. The summed E-state index contributed by atoms with van der Waals surface area (Å²) in [7, 11) is 0. The largest absolute Gasteiger partial charge is 0.457 e. The van der Waals surface area contributed by atoms with E-state index in [0.29, 0.717) is 52.7 Å². The van der Waals surface area contributed by atoms with Crippen LogP contribution in [0, 0.1) is 12.7 Å². The SMILES string of the molecule is C=CC(=O)N1C[C@H]2C[C@H]1CN2c1ccc2ncnc(Nc3ccc(Oc4ccn5ncnc5c4)c(C)c3F)c2n1. The lowest BCUT2D eigenvalue weighted by Crippen LogP contribution is -2.48. The summed E-state index contributed by atoms with van der Waals surface area (Å²) < 4.78 is 23.1. The van der Waals surface area contributed by atoms with Crippen molar-refractivity contribution >= 4 is 39.9 Å². The number of benzene rings is 1. The predicted octanol–water partition coefficient (Wildman–Crippen LogP) is 4.03. The fourth-order valence-corrected chi connectivity index (χ4v) is 5.51. The van der Waals surface area contributed by atoms with Gasteiger partial charge < -0.3 is 19.9 Å². The molecule has 5 aromatic rings. The van der Waals surface area contributed by atoms with Crippen molar-refractivity contribution < 1.29 is 13.9 Å². The number of hydrogen-bond acceptors (Lipinski definition) is 9. The van der Waals surface area contributed by atoms with Crippen molar-refractivity contribution in [1.82, 2.24) is 34.4 Å². The van der Waals surface area contributed by atoms with Gasteiger partial charge in [0.15, 0.2) is 17.3 Å². The molecule has 0 saturated carbocycles. The smallest absolute Gasteiger partial charge is 0.246 e. The quantitative estimate of drug-likeness (QED) is 0.321. The molecule has 0 unspecified atom stereocenters. The number of hydrogen-bond donors (Lipinski definition) is 1. The number of piperazine rings is 1. The number of anilines is 3. The highest BCUT2D eigenvalue weighted by Gasteiger charge is 2.45. The zero-order valence-electron chi connectivity index (χ0n) is 21.5. The Kier molecular flexibility index (Phi) is 5.54. The van der Waals surface area contributed by atoms with E-state index in [1.807, 2.05) is 17.0 Å². The molecule has 11 nitrogen and oxygen atoms in total. The third-order valence-corrected chi connectivity index (χ3v) is 7.53. The Hall–Kier alpha value is -5.13. The second-order valence-electron chi connectivity index (χ2n) is 9.85. The number of rotatable bonds is 6. The highest BCUT2D eigenvalue weighted by Crippen LogP contribution is 2.36. The molecule has 2 fully saturated rings. The van der Waals surface area contributed by atoms with E-state index in [0.717, 1.165) is 12.2 Å². The molecule has 4 aromatic heterocycles. The Morgan fingerprint density at radius 3 is 2.85 bits per heavy atom. The summed E-state index contributed by atoms with van der Waals surface area (Å²) in [6.45, 7) is 6.60. The molecule has 7 rings (SSSR count). The molecule has 0 aliphatic carbocycles. The van der Waals surface area contributed by atoms with Crippen molar-refractivity contribution in [2.75, 3.05) is 23.3 Å². The molecule has 2 aliphatic heterocycles. The van der Waals surface area contributed by atoms with Gasteiger partial charge in [0.05, 0.1) is 23.3 Å². The van der Waals surface area contributed by atoms with Gasteiger partial charge in [-0.25, -0.2) is 28.8 Å². The average Bonchev–Trinajstić information content (AvgIpc) is 3.72. The van der Waals surface area contributed by atoms with E-state index in [2.05, 4.69) is 36.8 Å². The summed E-state index contributed by atoms with van der Waals surface area (Å²) in [6, 6.07) is 10.9. The highest BCUT2D eigenvalue weighted by atomic mass is 19.1. The van der Waals surface area contributed by atoms with E-state index < -0.39 is 5.82 Å². The van der Waals surface area contributed by atoms with Crippen LogP contribution in [0.1, 0.15) is 12.0 Å². The lowest BCUT2D eigenvalue weighted by Gasteiger charge is -2.34. The highest BCUT2D eigenvalue weighted by molar-refractivity contribution is 5.89. The van der Waals surface area contributed by atoms with Gasteiger partial charge in [-0.3, -0.25) is 4.79 Å². The van der Waals surface area contributed by atoms with Gasteiger partial charge in [0.2, 0.25) is 5.91 Å². The molecule has 2 saturated heterocycles. The van der Waals surface area contributed by atoms with Crippen molar-refractivity contribution in [2.45, 2.75) is 25.4 Å². The Labute approximate surface area is 228 Å². The number of carbonyl (C=O) groups excluding carboxylic acids is 1. The van der Waals surface area contributed by atoms with Crippen molar-refractivity contribution in [2.24, 2.45) is 0 Å². The minimum atomic E-state index is -0.465. The number of ether oxygens (including phenoxy) is 1. The first kappa shape index (κ1) is 23.9. The van der Waals surface area contributed by atoms with Gasteiger partial charge in [-0.05, 0) is 49.8 Å². The van der Waals surface area contributed by atoms with Crippen molar-refractivity contribution in [3.8, 4) is 11.5 Å². The van der Waals surface area contributed by atoms with Crippen molar-refractivity contribution in [3.63, 3.8) is 0 Å². The molecule has 12 heteroatoms. The minimum absolute atomic E-state index is 0.0383. The molecule has 2 aliphatic rings. The first-order valence-corrected chi connectivity index (χ1v) is 12.8. The van der Waals surface area contributed by atoms with E-state index in [1.54, 1.807) is 41.9 Å². The van der Waals surface area contributed by atoms with Crippen molar-refractivity contribution in [1.29, 1.82) is 0 Å². The van der Waals surface area contributed by atoms with E-state index in [4.69, 9.17) is 9.72 Å². The molecule has 1 amide bonds. The monoisotopic (exact) mass is 537 g/mol. The van der Waals surface area contributed by atoms with Gasteiger partial charge in [-0.15, -0.1) is 0 Å². The van der Waals surface area contributed by atoms with Crippen LogP contribution >= 0.6 is 0 Å². The first-order valence-electron chi connectivity index (χ1n) is 12.8. The van der Waals surface area contributed by atoms with E-state index in [9.17, 15) is 4.79 Å². The lowest BCUT2D eigenvalue weighted by atomic mass is 10.1. The average molecular weight is 538 g/mol. The number of fused-ring (bicyclic) bond motifs is 4. The van der Waals surface area contributed by atoms with Crippen LogP contribution in [0.25, 0.3) is 16.7 Å². The van der Waals surface area contributed by atoms with Gasteiger partial charge in [0.1, 0.15) is 35.5 Å². The van der Waals surface area contributed by atoms with Gasteiger partial charge in [0.25, 0.3) is 0 Å². The third kappa shape index (κ3) is 3.96. The normalized spacial score (nSPS) is 18.1. The van der Waals surface area contributed by atoms with Crippen LogP contribution < -0.4 is 15.0 Å². The molecule has 6 heterocycles. The number of aromatic nitrogens is 6. The van der Waals surface area contributed by atoms with Gasteiger partial charge in [-0.1, -0.05) is 6.58 Å². The number of nitrogens with one attached hydrogen (secondary N) is 1.